The number of hydrogen-bond acceptors (Lipinski definition) is 8. The first-order valence-corrected chi connectivity index (χ1v) is 8.71. The molecule has 0 saturated carbocycles. The van der Waals surface area contributed by atoms with Crippen LogP contribution in [0.25, 0.3) is 0 Å². The first-order chi connectivity index (χ1) is 12.7. The number of hydrogen-bond donors (Lipinski definition) is 0. The highest BCUT2D eigenvalue weighted by molar-refractivity contribution is 5.71. The van der Waals surface area contributed by atoms with Gasteiger partial charge in [-0.3, -0.25) is 9.59 Å². The van der Waals surface area contributed by atoms with Gasteiger partial charge in [0.15, 0.2) is 0 Å². The highest BCUT2D eigenvalue weighted by Gasteiger charge is 2.27. The van der Waals surface area contributed by atoms with E-state index >= 15 is 0 Å². The fourth-order valence-corrected chi connectivity index (χ4v) is 2.72. The molecule has 8 heteroatoms. The Morgan fingerprint density at radius 1 is 0.846 bits per heavy atom. The second-order valence-electron chi connectivity index (χ2n) is 5.97. The molecule has 0 saturated heterocycles. The normalized spacial score (nSPS) is 18.3. The van der Waals surface area contributed by atoms with E-state index in [1.165, 1.54) is 12.2 Å². The Bertz CT molecular complexity index is 526. The molecule has 2 atom stereocenters. The zero-order valence-electron chi connectivity index (χ0n) is 14.7. The van der Waals surface area contributed by atoms with Crippen LogP contribution in [-0.2, 0) is 28.7 Å². The first-order valence-electron chi connectivity index (χ1n) is 8.71. The Balaban J connectivity index is 2.33. The number of rotatable bonds is 12. The van der Waals surface area contributed by atoms with E-state index in [0.717, 1.165) is 12.8 Å². The largest absolute Gasteiger partial charge is 0.466 e. The number of carbonyl (C=O) groups is 2. The lowest BCUT2D eigenvalue weighted by Crippen LogP contribution is -2.24. The quantitative estimate of drug-likeness (QED) is 0.172. The van der Waals surface area contributed by atoms with Gasteiger partial charge in [-0.2, -0.15) is 0 Å². The molecule has 0 fully saturated rings. The van der Waals surface area contributed by atoms with E-state index in [4.69, 9.17) is 9.47 Å². The highest BCUT2D eigenvalue weighted by Crippen LogP contribution is 2.31. The molecule has 8 nitrogen and oxygen atoms in total. The summed E-state index contributed by atoms with van der Waals surface area (Å²) in [5.41, 5.74) is 0. The van der Waals surface area contributed by atoms with E-state index in [1.807, 2.05) is 12.2 Å². The van der Waals surface area contributed by atoms with Gasteiger partial charge in [-0.15, -0.1) is 0 Å². The molecule has 0 heterocycles. The minimum atomic E-state index is -0.314. The van der Waals surface area contributed by atoms with Crippen LogP contribution >= 0.6 is 0 Å². The molecule has 1 aliphatic carbocycles. The molecule has 0 spiro atoms. The summed E-state index contributed by atoms with van der Waals surface area (Å²) in [6.07, 6.45) is 9.77. The number of ether oxygens (including phenoxy) is 2. The molecule has 1 aliphatic rings. The Kier molecular flexibility index (Phi) is 11.3. The van der Waals surface area contributed by atoms with E-state index in [0.29, 0.717) is 12.8 Å². The molecule has 0 aromatic rings. The van der Waals surface area contributed by atoms with Crippen LogP contribution in [-0.4, -0.2) is 50.4 Å². The molecule has 0 amide bonds. The summed E-state index contributed by atoms with van der Waals surface area (Å²) in [6.45, 7) is 0.996. The Labute approximate surface area is 152 Å². The van der Waals surface area contributed by atoms with Gasteiger partial charge in [-0.1, -0.05) is 12.2 Å². The third-order valence-electron chi connectivity index (χ3n) is 4.05. The summed E-state index contributed by atoms with van der Waals surface area (Å²) in [6, 6.07) is 0. The van der Waals surface area contributed by atoms with Gasteiger partial charge in [0, 0.05) is 25.7 Å². The summed E-state index contributed by atoms with van der Waals surface area (Å²) in [4.78, 5) is 50.5. The zero-order valence-corrected chi connectivity index (χ0v) is 14.7. The van der Waals surface area contributed by atoms with Gasteiger partial charge in [0.25, 0.3) is 0 Å². The molecule has 0 N–H and O–H groups in total. The van der Waals surface area contributed by atoms with Gasteiger partial charge < -0.3 is 9.47 Å². The zero-order chi connectivity index (χ0) is 19.0. The number of carbonyl (C=O) groups excluding carboxylic acids is 4. The van der Waals surface area contributed by atoms with Gasteiger partial charge in [-0.25, -0.2) is 19.6 Å². The molecule has 0 aromatic carbocycles. The molecule has 1 rings (SSSR count). The number of aliphatic imine (C=N–C) groups is 2. The Morgan fingerprint density at radius 3 is 1.65 bits per heavy atom. The van der Waals surface area contributed by atoms with Crippen LogP contribution in [0.1, 0.15) is 38.5 Å². The van der Waals surface area contributed by atoms with Crippen molar-refractivity contribution < 1.29 is 28.7 Å². The highest BCUT2D eigenvalue weighted by atomic mass is 16.5. The van der Waals surface area contributed by atoms with Crippen LogP contribution < -0.4 is 0 Å². The van der Waals surface area contributed by atoms with E-state index in [1.54, 1.807) is 0 Å². The fraction of sp³-hybridized carbons (Fsp3) is 0.667. The lowest BCUT2D eigenvalue weighted by atomic mass is 9.79. The summed E-state index contributed by atoms with van der Waals surface area (Å²) >= 11 is 0. The minimum Gasteiger partial charge on any atom is -0.466 e. The predicted molar refractivity (Wildman–Crippen MR) is 91.7 cm³/mol. The summed E-state index contributed by atoms with van der Waals surface area (Å²) in [5.74, 6) is -0.559. The number of nitrogens with zero attached hydrogens (tertiary/aromatic N) is 2. The van der Waals surface area contributed by atoms with Gasteiger partial charge >= 0.3 is 11.9 Å². The van der Waals surface area contributed by atoms with Crippen LogP contribution in [0.4, 0.5) is 0 Å². The van der Waals surface area contributed by atoms with Crippen LogP contribution in [0.5, 0.6) is 0 Å². The number of esters is 2. The number of isocyanates is 2. The predicted octanol–water partition coefficient (Wildman–Crippen LogP) is 1.89. The molecule has 2 unspecified atom stereocenters. The maximum Gasteiger partial charge on any atom is 0.306 e. The van der Waals surface area contributed by atoms with E-state index < -0.39 is 0 Å². The van der Waals surface area contributed by atoms with Crippen molar-refractivity contribution in [3.63, 3.8) is 0 Å². The van der Waals surface area contributed by atoms with Crippen molar-refractivity contribution in [2.75, 3.05) is 26.3 Å². The van der Waals surface area contributed by atoms with E-state index in [2.05, 4.69) is 9.98 Å². The van der Waals surface area contributed by atoms with Crippen molar-refractivity contribution in [1.29, 1.82) is 0 Å². The minimum absolute atomic E-state index is 0.0349. The average Bonchev–Trinajstić information content (AvgIpc) is 2.63. The number of allylic oxidation sites excluding steroid dienone is 2. The molecular weight excluding hydrogens is 340 g/mol. The van der Waals surface area contributed by atoms with Crippen LogP contribution in [0.3, 0.4) is 0 Å². The summed E-state index contributed by atoms with van der Waals surface area (Å²) < 4.78 is 10.3. The Hall–Kier alpha value is -2.56. The standard InChI is InChI=1S/C18H24N2O6/c21-13-19-7-3-9-25-17(23)11-15-5-1-2-6-16(15)12-18(24)26-10-4-8-20-14-22/h1-2,15-16H,3-12H2. The van der Waals surface area contributed by atoms with Gasteiger partial charge in [0.1, 0.15) is 0 Å². The third kappa shape index (κ3) is 9.67. The summed E-state index contributed by atoms with van der Waals surface area (Å²) in [5, 5.41) is 0. The van der Waals surface area contributed by atoms with Crippen molar-refractivity contribution in [3.8, 4) is 0 Å². The van der Waals surface area contributed by atoms with E-state index in [9.17, 15) is 19.2 Å². The SMILES string of the molecule is O=C=NCCCOC(=O)CC1CC=CCC1CC(=O)OCCCN=C=O. The molecule has 0 radical (unpaired) electrons. The van der Waals surface area contributed by atoms with E-state index in [-0.39, 0.29) is 62.9 Å². The maximum absolute atomic E-state index is 11.9. The topological polar surface area (TPSA) is 111 Å². The van der Waals surface area contributed by atoms with Crippen molar-refractivity contribution in [2.45, 2.75) is 38.5 Å². The van der Waals surface area contributed by atoms with Crippen LogP contribution in [0.15, 0.2) is 22.1 Å². The third-order valence-corrected chi connectivity index (χ3v) is 4.05. The molecule has 0 aliphatic heterocycles. The van der Waals surface area contributed by atoms with Crippen molar-refractivity contribution >= 4 is 24.1 Å². The van der Waals surface area contributed by atoms with Crippen molar-refractivity contribution in [3.05, 3.63) is 12.2 Å². The molecule has 0 bridgehead atoms. The van der Waals surface area contributed by atoms with Crippen LogP contribution in [0.2, 0.25) is 0 Å². The summed E-state index contributed by atoms with van der Waals surface area (Å²) in [7, 11) is 0. The van der Waals surface area contributed by atoms with Gasteiger partial charge in [0.05, 0.1) is 26.3 Å². The monoisotopic (exact) mass is 364 g/mol. The average molecular weight is 364 g/mol. The lowest BCUT2D eigenvalue weighted by Gasteiger charge is -2.27. The maximum atomic E-state index is 11.9. The smallest absolute Gasteiger partial charge is 0.306 e. The molecule has 26 heavy (non-hydrogen) atoms. The molecule has 0 aromatic heterocycles. The van der Waals surface area contributed by atoms with Crippen molar-refractivity contribution in [1.82, 2.24) is 0 Å². The van der Waals surface area contributed by atoms with Gasteiger partial charge in [0.2, 0.25) is 12.2 Å². The molecular formula is C18H24N2O6. The van der Waals surface area contributed by atoms with Crippen LogP contribution in [0, 0.1) is 11.8 Å². The second-order valence-corrected chi connectivity index (χ2v) is 5.97. The fourth-order valence-electron chi connectivity index (χ4n) is 2.72. The van der Waals surface area contributed by atoms with Crippen molar-refractivity contribution in [2.24, 2.45) is 21.8 Å². The first kappa shape index (κ1) is 21.5. The van der Waals surface area contributed by atoms with Gasteiger partial charge in [-0.05, 0) is 24.7 Å². The molecule has 142 valence electrons. The Morgan fingerprint density at radius 2 is 1.27 bits per heavy atom. The lowest BCUT2D eigenvalue weighted by molar-refractivity contribution is -0.148. The second kappa shape index (κ2) is 13.7.